The lowest BCUT2D eigenvalue weighted by molar-refractivity contribution is -0.118. The highest BCUT2D eigenvalue weighted by Gasteiger charge is 2.16. The number of aryl methyl sites for hydroxylation is 1. The van der Waals surface area contributed by atoms with Crippen molar-refractivity contribution in [3.05, 3.63) is 99.8 Å². The molecule has 1 amide bonds. The van der Waals surface area contributed by atoms with Gasteiger partial charge in [-0.1, -0.05) is 66.4 Å². The third-order valence-corrected chi connectivity index (χ3v) is 6.41. The molecule has 0 radical (unpaired) electrons. The van der Waals surface area contributed by atoms with Gasteiger partial charge in [0.1, 0.15) is 0 Å². The molecule has 4 aromatic rings. The fraction of sp³-hybridized carbons (Fsp3) is 0.192. The van der Waals surface area contributed by atoms with E-state index in [9.17, 15) is 9.59 Å². The molecule has 0 aliphatic rings. The lowest BCUT2D eigenvalue weighted by atomic mass is 10.1. The highest BCUT2D eigenvalue weighted by molar-refractivity contribution is 7.99. The van der Waals surface area contributed by atoms with Crippen molar-refractivity contribution in [2.24, 2.45) is 0 Å². The molecule has 32 heavy (non-hydrogen) atoms. The first-order valence-electron chi connectivity index (χ1n) is 10.6. The van der Waals surface area contributed by atoms with E-state index in [1.54, 1.807) is 10.6 Å². The summed E-state index contributed by atoms with van der Waals surface area (Å²) in [6.07, 6.45) is 0.776. The van der Waals surface area contributed by atoms with Crippen LogP contribution >= 0.6 is 11.8 Å². The monoisotopic (exact) mass is 443 g/mol. The largest absolute Gasteiger partial charge is 0.355 e. The molecule has 1 N–H and O–H groups in total. The Hall–Kier alpha value is -3.38. The molecular formula is C26H25N3O2S. The van der Waals surface area contributed by atoms with Gasteiger partial charge in [0.15, 0.2) is 5.16 Å². The summed E-state index contributed by atoms with van der Waals surface area (Å²) >= 11 is 1.28. The predicted molar refractivity (Wildman–Crippen MR) is 131 cm³/mol. The van der Waals surface area contributed by atoms with Crippen molar-refractivity contribution in [1.82, 2.24) is 14.9 Å². The van der Waals surface area contributed by atoms with Gasteiger partial charge >= 0.3 is 0 Å². The van der Waals surface area contributed by atoms with E-state index < -0.39 is 0 Å². The fourth-order valence-electron chi connectivity index (χ4n) is 3.57. The molecule has 0 spiro atoms. The molecule has 6 heteroatoms. The summed E-state index contributed by atoms with van der Waals surface area (Å²) in [5.74, 6) is 0.102. The Balaban J connectivity index is 1.58. The second-order valence-corrected chi connectivity index (χ2v) is 8.59. The molecule has 0 aliphatic carbocycles. The zero-order valence-electron chi connectivity index (χ0n) is 18.2. The predicted octanol–water partition coefficient (Wildman–Crippen LogP) is 4.45. The van der Waals surface area contributed by atoms with Gasteiger partial charge in [0.05, 0.1) is 22.3 Å². The van der Waals surface area contributed by atoms with Crippen molar-refractivity contribution in [2.45, 2.75) is 25.4 Å². The molecule has 0 saturated carbocycles. The molecule has 0 unspecified atom stereocenters. The third kappa shape index (κ3) is 4.75. The van der Waals surface area contributed by atoms with Crippen LogP contribution in [0.3, 0.4) is 0 Å². The molecule has 4 rings (SSSR count). The van der Waals surface area contributed by atoms with Crippen LogP contribution in [0.2, 0.25) is 0 Å². The van der Waals surface area contributed by atoms with Crippen LogP contribution in [-0.4, -0.2) is 27.8 Å². The summed E-state index contributed by atoms with van der Waals surface area (Å²) in [6.45, 7) is 4.58. The number of thioether (sulfide) groups is 1. The quantitative estimate of drug-likeness (QED) is 0.339. The number of rotatable bonds is 7. The van der Waals surface area contributed by atoms with Crippen molar-refractivity contribution in [3.8, 4) is 5.69 Å². The average molecular weight is 444 g/mol. The van der Waals surface area contributed by atoms with Crippen LogP contribution in [0.25, 0.3) is 16.6 Å². The molecule has 162 valence electrons. The summed E-state index contributed by atoms with van der Waals surface area (Å²) < 4.78 is 1.63. The first-order valence-corrected chi connectivity index (χ1v) is 11.5. The van der Waals surface area contributed by atoms with Crippen LogP contribution < -0.4 is 10.9 Å². The van der Waals surface area contributed by atoms with E-state index in [4.69, 9.17) is 4.98 Å². The number of carbonyl (C=O) groups excluding carboxylic acids is 1. The molecule has 0 fully saturated rings. The Morgan fingerprint density at radius 2 is 1.72 bits per heavy atom. The summed E-state index contributed by atoms with van der Waals surface area (Å²) in [4.78, 5) is 30.6. The van der Waals surface area contributed by atoms with Crippen LogP contribution in [0, 0.1) is 13.8 Å². The SMILES string of the molecule is Cc1cccc(-n2c(SCC(=O)NCCc3ccccc3)nc3ccccc3c2=O)c1C. The van der Waals surface area contributed by atoms with Gasteiger partial charge < -0.3 is 5.32 Å². The molecular weight excluding hydrogens is 418 g/mol. The van der Waals surface area contributed by atoms with Gasteiger partial charge in [0, 0.05) is 6.54 Å². The van der Waals surface area contributed by atoms with Crippen molar-refractivity contribution < 1.29 is 4.79 Å². The number of hydrogen-bond donors (Lipinski definition) is 1. The highest BCUT2D eigenvalue weighted by Crippen LogP contribution is 2.24. The standard InChI is InChI=1S/C26H25N3O2S/c1-18-9-8-14-23(19(18)2)29-25(31)21-12-6-7-13-22(21)28-26(29)32-17-24(30)27-16-15-20-10-4-3-5-11-20/h3-14H,15-17H2,1-2H3,(H,27,30). The summed E-state index contributed by atoms with van der Waals surface area (Å²) in [5, 5.41) is 4.03. The number of aromatic nitrogens is 2. The Morgan fingerprint density at radius 1 is 0.969 bits per heavy atom. The van der Waals surface area contributed by atoms with E-state index in [0.717, 1.165) is 23.2 Å². The Kier molecular flexibility index (Phi) is 6.71. The zero-order valence-corrected chi connectivity index (χ0v) is 19.0. The first-order chi connectivity index (χ1) is 15.5. The number of nitrogens with one attached hydrogen (secondary N) is 1. The summed E-state index contributed by atoms with van der Waals surface area (Å²) in [7, 11) is 0. The van der Waals surface area contributed by atoms with E-state index >= 15 is 0 Å². The van der Waals surface area contributed by atoms with Crippen molar-refractivity contribution in [2.75, 3.05) is 12.3 Å². The summed E-state index contributed by atoms with van der Waals surface area (Å²) in [5.41, 5.74) is 4.58. The van der Waals surface area contributed by atoms with E-state index in [2.05, 4.69) is 5.32 Å². The minimum absolute atomic E-state index is 0.0825. The van der Waals surface area contributed by atoms with Gasteiger partial charge in [0.25, 0.3) is 5.56 Å². The van der Waals surface area contributed by atoms with Crippen molar-refractivity contribution in [1.29, 1.82) is 0 Å². The molecule has 0 atom stereocenters. The number of amides is 1. The molecule has 1 heterocycles. The average Bonchev–Trinajstić information content (AvgIpc) is 2.81. The summed E-state index contributed by atoms with van der Waals surface area (Å²) in [6, 6.07) is 23.2. The number of nitrogens with zero attached hydrogens (tertiary/aromatic N) is 2. The van der Waals surface area contributed by atoms with Gasteiger partial charge in [-0.25, -0.2) is 4.98 Å². The minimum Gasteiger partial charge on any atom is -0.355 e. The number of benzene rings is 3. The van der Waals surface area contributed by atoms with Gasteiger partial charge in [-0.05, 0) is 55.2 Å². The molecule has 0 aliphatic heterocycles. The zero-order chi connectivity index (χ0) is 22.5. The fourth-order valence-corrected chi connectivity index (χ4v) is 4.41. The Morgan fingerprint density at radius 3 is 2.53 bits per heavy atom. The maximum absolute atomic E-state index is 13.4. The molecule has 5 nitrogen and oxygen atoms in total. The molecule has 1 aromatic heterocycles. The normalized spacial score (nSPS) is 10.9. The van der Waals surface area contributed by atoms with Gasteiger partial charge in [-0.2, -0.15) is 0 Å². The lowest BCUT2D eigenvalue weighted by Gasteiger charge is -2.16. The van der Waals surface area contributed by atoms with Crippen LogP contribution in [0.4, 0.5) is 0 Å². The van der Waals surface area contributed by atoms with E-state index in [0.29, 0.717) is 22.6 Å². The number of hydrogen-bond acceptors (Lipinski definition) is 4. The molecule has 3 aromatic carbocycles. The molecule has 0 saturated heterocycles. The van der Waals surface area contributed by atoms with E-state index in [-0.39, 0.29) is 17.2 Å². The number of fused-ring (bicyclic) bond motifs is 1. The van der Waals surface area contributed by atoms with Crippen molar-refractivity contribution >= 4 is 28.6 Å². The van der Waals surface area contributed by atoms with Crippen LogP contribution in [0.15, 0.2) is 82.7 Å². The van der Waals surface area contributed by atoms with Crippen LogP contribution in [0.1, 0.15) is 16.7 Å². The van der Waals surface area contributed by atoms with Crippen LogP contribution in [0.5, 0.6) is 0 Å². The Labute approximate surface area is 191 Å². The van der Waals surface area contributed by atoms with Crippen molar-refractivity contribution in [3.63, 3.8) is 0 Å². The second kappa shape index (κ2) is 9.83. The van der Waals surface area contributed by atoms with Gasteiger partial charge in [-0.15, -0.1) is 0 Å². The minimum atomic E-state index is -0.128. The topological polar surface area (TPSA) is 64.0 Å². The molecule has 0 bridgehead atoms. The maximum Gasteiger partial charge on any atom is 0.266 e. The number of carbonyl (C=O) groups is 1. The third-order valence-electron chi connectivity index (χ3n) is 5.47. The van der Waals surface area contributed by atoms with Gasteiger partial charge in [0.2, 0.25) is 5.91 Å². The number of para-hydroxylation sites is 1. The maximum atomic E-state index is 13.4. The van der Waals surface area contributed by atoms with Crippen LogP contribution in [-0.2, 0) is 11.2 Å². The highest BCUT2D eigenvalue weighted by atomic mass is 32.2. The van der Waals surface area contributed by atoms with E-state index in [1.165, 1.54) is 17.3 Å². The smallest absolute Gasteiger partial charge is 0.266 e. The lowest BCUT2D eigenvalue weighted by Crippen LogP contribution is -2.28. The first kappa shape index (κ1) is 21.8. The van der Waals surface area contributed by atoms with E-state index in [1.807, 2.05) is 80.6 Å². The second-order valence-electron chi connectivity index (χ2n) is 7.65. The Bertz CT molecular complexity index is 1320. The van der Waals surface area contributed by atoms with Gasteiger partial charge in [-0.3, -0.25) is 14.2 Å².